The lowest BCUT2D eigenvalue weighted by atomic mass is 10.1. The van der Waals surface area contributed by atoms with Gasteiger partial charge >= 0.3 is 0 Å². The first-order valence-corrected chi connectivity index (χ1v) is 9.88. The molecule has 1 aromatic carbocycles. The number of hydrogen-bond acceptors (Lipinski definition) is 4. The summed E-state index contributed by atoms with van der Waals surface area (Å²) in [6, 6.07) is 6.86. The normalized spacial score (nSPS) is 16.9. The zero-order chi connectivity index (χ0) is 16.9. The van der Waals surface area contributed by atoms with Crippen LogP contribution >= 0.6 is 0 Å². The Morgan fingerprint density at radius 3 is 2.35 bits per heavy atom. The summed E-state index contributed by atoms with van der Waals surface area (Å²) < 4.78 is 33.3. The standard InChI is InChI=1S/C17H28N2O3S/c1-4-13-19(15-9-11-18-12-10-15)23(20,21)17-7-5-16(6-8-17)22-14(2)3/h5-8,14-15,18H,4,9-13H2,1-3H3. The number of benzene rings is 1. The highest BCUT2D eigenvalue weighted by atomic mass is 32.2. The van der Waals surface area contributed by atoms with Crippen molar-refractivity contribution in [3.8, 4) is 5.75 Å². The Morgan fingerprint density at radius 1 is 1.22 bits per heavy atom. The van der Waals surface area contributed by atoms with Crippen LogP contribution in [0.3, 0.4) is 0 Å². The molecule has 1 fully saturated rings. The molecule has 1 aliphatic rings. The number of nitrogens with zero attached hydrogens (tertiary/aromatic N) is 1. The Labute approximate surface area is 140 Å². The number of ether oxygens (including phenoxy) is 1. The van der Waals surface area contributed by atoms with Gasteiger partial charge in [-0.15, -0.1) is 0 Å². The molecule has 0 radical (unpaired) electrons. The third-order valence-electron chi connectivity index (χ3n) is 3.96. The first-order valence-electron chi connectivity index (χ1n) is 8.44. The van der Waals surface area contributed by atoms with Crippen LogP contribution in [0.4, 0.5) is 0 Å². The zero-order valence-corrected chi connectivity index (χ0v) is 15.1. The van der Waals surface area contributed by atoms with Crippen molar-refractivity contribution in [3.05, 3.63) is 24.3 Å². The van der Waals surface area contributed by atoms with Gasteiger partial charge in [-0.2, -0.15) is 4.31 Å². The topological polar surface area (TPSA) is 58.6 Å². The van der Waals surface area contributed by atoms with Crippen LogP contribution in [0.25, 0.3) is 0 Å². The van der Waals surface area contributed by atoms with Gasteiger partial charge in [-0.3, -0.25) is 0 Å². The molecule has 130 valence electrons. The van der Waals surface area contributed by atoms with Crippen LogP contribution in [0.2, 0.25) is 0 Å². The summed E-state index contributed by atoms with van der Waals surface area (Å²) in [5.74, 6) is 0.697. The predicted octanol–water partition coefficient (Wildman–Crippen LogP) is 2.63. The van der Waals surface area contributed by atoms with E-state index < -0.39 is 10.0 Å². The van der Waals surface area contributed by atoms with Crippen LogP contribution in [0.5, 0.6) is 5.75 Å². The Bertz CT molecular complexity index is 578. The molecule has 5 nitrogen and oxygen atoms in total. The Hall–Kier alpha value is -1.11. The fourth-order valence-electron chi connectivity index (χ4n) is 2.91. The summed E-state index contributed by atoms with van der Waals surface area (Å²) in [6.07, 6.45) is 2.63. The molecule has 0 unspecified atom stereocenters. The maximum atomic E-state index is 13.0. The highest BCUT2D eigenvalue weighted by Crippen LogP contribution is 2.25. The Balaban J connectivity index is 2.22. The van der Waals surface area contributed by atoms with Gasteiger partial charge in [0.05, 0.1) is 11.0 Å². The van der Waals surface area contributed by atoms with Crippen molar-refractivity contribution in [2.24, 2.45) is 0 Å². The SMILES string of the molecule is CCCN(C1CCNCC1)S(=O)(=O)c1ccc(OC(C)C)cc1. The van der Waals surface area contributed by atoms with Crippen molar-refractivity contribution in [2.45, 2.75) is 57.1 Å². The van der Waals surface area contributed by atoms with E-state index in [0.717, 1.165) is 32.4 Å². The molecule has 23 heavy (non-hydrogen) atoms. The minimum atomic E-state index is -3.46. The molecule has 0 saturated carbocycles. The van der Waals surface area contributed by atoms with E-state index in [1.807, 2.05) is 20.8 Å². The molecule has 0 atom stereocenters. The van der Waals surface area contributed by atoms with Gasteiger partial charge in [0.2, 0.25) is 10.0 Å². The molecule has 0 amide bonds. The molecule has 0 aromatic heterocycles. The lowest BCUT2D eigenvalue weighted by Crippen LogP contribution is -2.46. The second-order valence-electron chi connectivity index (χ2n) is 6.23. The monoisotopic (exact) mass is 340 g/mol. The largest absolute Gasteiger partial charge is 0.491 e. The summed E-state index contributed by atoms with van der Waals surface area (Å²) in [5, 5.41) is 3.29. The fourth-order valence-corrected chi connectivity index (χ4v) is 4.69. The van der Waals surface area contributed by atoms with Crippen molar-refractivity contribution in [2.75, 3.05) is 19.6 Å². The van der Waals surface area contributed by atoms with Crippen LogP contribution in [0.15, 0.2) is 29.2 Å². The first-order chi connectivity index (χ1) is 10.9. The Morgan fingerprint density at radius 2 is 1.83 bits per heavy atom. The van der Waals surface area contributed by atoms with Gasteiger partial charge in [0, 0.05) is 12.6 Å². The third kappa shape index (κ3) is 4.68. The lowest BCUT2D eigenvalue weighted by Gasteiger charge is -2.33. The second-order valence-corrected chi connectivity index (χ2v) is 8.13. The predicted molar refractivity (Wildman–Crippen MR) is 92.3 cm³/mol. The van der Waals surface area contributed by atoms with Crippen molar-refractivity contribution < 1.29 is 13.2 Å². The number of sulfonamides is 1. The van der Waals surface area contributed by atoms with E-state index in [2.05, 4.69) is 5.32 Å². The van der Waals surface area contributed by atoms with E-state index in [1.165, 1.54) is 0 Å². The summed E-state index contributed by atoms with van der Waals surface area (Å²) in [7, 11) is -3.46. The van der Waals surface area contributed by atoms with E-state index >= 15 is 0 Å². The molecular formula is C17H28N2O3S. The van der Waals surface area contributed by atoms with Crippen molar-refractivity contribution in [1.82, 2.24) is 9.62 Å². The summed E-state index contributed by atoms with van der Waals surface area (Å²) >= 11 is 0. The molecule has 0 aliphatic carbocycles. The molecule has 1 aliphatic heterocycles. The van der Waals surface area contributed by atoms with Crippen molar-refractivity contribution in [3.63, 3.8) is 0 Å². The number of piperidine rings is 1. The average Bonchev–Trinajstić information content (AvgIpc) is 2.53. The van der Waals surface area contributed by atoms with Crippen LogP contribution < -0.4 is 10.1 Å². The van der Waals surface area contributed by atoms with Gasteiger partial charge in [0.25, 0.3) is 0 Å². The van der Waals surface area contributed by atoms with Gasteiger partial charge in [-0.25, -0.2) is 8.42 Å². The lowest BCUT2D eigenvalue weighted by molar-refractivity contribution is 0.242. The van der Waals surface area contributed by atoms with E-state index in [0.29, 0.717) is 17.2 Å². The highest BCUT2D eigenvalue weighted by Gasteiger charge is 2.31. The molecule has 1 saturated heterocycles. The highest BCUT2D eigenvalue weighted by molar-refractivity contribution is 7.89. The molecule has 1 heterocycles. The molecule has 0 spiro atoms. The first kappa shape index (κ1) is 18.2. The number of hydrogen-bond donors (Lipinski definition) is 1. The van der Waals surface area contributed by atoms with E-state index in [-0.39, 0.29) is 12.1 Å². The maximum Gasteiger partial charge on any atom is 0.243 e. The van der Waals surface area contributed by atoms with Crippen LogP contribution in [-0.4, -0.2) is 44.5 Å². The minimum Gasteiger partial charge on any atom is -0.491 e. The van der Waals surface area contributed by atoms with E-state index in [9.17, 15) is 8.42 Å². The Kier molecular flexibility index (Phi) is 6.44. The minimum absolute atomic E-state index is 0.0729. The second kappa shape index (κ2) is 8.13. The third-order valence-corrected chi connectivity index (χ3v) is 5.93. The summed E-state index contributed by atoms with van der Waals surface area (Å²) in [4.78, 5) is 0.348. The van der Waals surface area contributed by atoms with Gasteiger partial charge in [-0.1, -0.05) is 6.92 Å². The van der Waals surface area contributed by atoms with E-state index in [1.54, 1.807) is 28.6 Å². The van der Waals surface area contributed by atoms with Gasteiger partial charge < -0.3 is 10.1 Å². The average molecular weight is 340 g/mol. The van der Waals surface area contributed by atoms with E-state index in [4.69, 9.17) is 4.74 Å². The summed E-state index contributed by atoms with van der Waals surface area (Å²) in [5.41, 5.74) is 0. The molecular weight excluding hydrogens is 312 g/mol. The summed E-state index contributed by atoms with van der Waals surface area (Å²) in [6.45, 7) is 8.24. The molecule has 2 rings (SSSR count). The molecule has 0 bridgehead atoms. The van der Waals surface area contributed by atoms with Crippen LogP contribution in [0.1, 0.15) is 40.0 Å². The van der Waals surface area contributed by atoms with Gasteiger partial charge in [0.15, 0.2) is 0 Å². The zero-order valence-electron chi connectivity index (χ0n) is 14.3. The number of rotatable bonds is 7. The smallest absolute Gasteiger partial charge is 0.243 e. The maximum absolute atomic E-state index is 13.0. The van der Waals surface area contributed by atoms with Gasteiger partial charge in [0.1, 0.15) is 5.75 Å². The van der Waals surface area contributed by atoms with Gasteiger partial charge in [-0.05, 0) is 70.5 Å². The van der Waals surface area contributed by atoms with Crippen molar-refractivity contribution >= 4 is 10.0 Å². The van der Waals surface area contributed by atoms with Crippen LogP contribution in [0, 0.1) is 0 Å². The molecule has 1 aromatic rings. The fraction of sp³-hybridized carbons (Fsp3) is 0.647. The number of nitrogens with one attached hydrogen (secondary N) is 1. The molecule has 1 N–H and O–H groups in total. The molecule has 6 heteroatoms. The van der Waals surface area contributed by atoms with Crippen molar-refractivity contribution in [1.29, 1.82) is 0 Å². The quantitative estimate of drug-likeness (QED) is 0.829. The van der Waals surface area contributed by atoms with Crippen LogP contribution in [-0.2, 0) is 10.0 Å².